The van der Waals surface area contributed by atoms with Crippen molar-refractivity contribution in [2.24, 2.45) is 11.7 Å². The Kier molecular flexibility index (Phi) is 4.07. The number of carbonyl (C=O) groups excluding carboxylic acids is 1. The summed E-state index contributed by atoms with van der Waals surface area (Å²) in [7, 11) is 0. The number of aryl methyl sites for hydroxylation is 2. The molecule has 1 aromatic rings. The Morgan fingerprint density at radius 3 is 2.67 bits per heavy atom. The highest BCUT2D eigenvalue weighted by Crippen LogP contribution is 2.30. The van der Waals surface area contributed by atoms with Crippen molar-refractivity contribution in [1.82, 2.24) is 0 Å². The Labute approximate surface area is 116 Å². The minimum atomic E-state index is 0.0626. The molecule has 2 unspecified atom stereocenters. The Morgan fingerprint density at radius 2 is 2.11 bits per heavy atom. The predicted octanol–water partition coefficient (Wildman–Crippen LogP) is 3.13. The van der Waals surface area contributed by atoms with Gasteiger partial charge in [0, 0.05) is 16.4 Å². The van der Waals surface area contributed by atoms with Crippen LogP contribution in [-0.2, 0) is 4.79 Å². The van der Waals surface area contributed by atoms with Crippen molar-refractivity contribution in [3.63, 3.8) is 0 Å². The average Bonchev–Trinajstić information content (AvgIpc) is 2.70. The third-order valence-electron chi connectivity index (χ3n) is 3.52. The predicted molar refractivity (Wildman–Crippen MR) is 77.6 cm³/mol. The number of anilines is 1. The van der Waals surface area contributed by atoms with Gasteiger partial charge in [-0.25, -0.2) is 0 Å². The van der Waals surface area contributed by atoms with Gasteiger partial charge >= 0.3 is 0 Å². The van der Waals surface area contributed by atoms with E-state index >= 15 is 0 Å². The number of rotatable bonds is 2. The number of halogens is 1. The fourth-order valence-corrected chi connectivity index (χ4v) is 3.33. The lowest BCUT2D eigenvalue weighted by Gasteiger charge is -2.15. The molecule has 0 spiro atoms. The first-order valence-electron chi connectivity index (χ1n) is 6.30. The van der Waals surface area contributed by atoms with E-state index in [4.69, 9.17) is 5.73 Å². The lowest BCUT2D eigenvalue weighted by Crippen LogP contribution is -2.23. The highest BCUT2D eigenvalue weighted by atomic mass is 79.9. The van der Waals surface area contributed by atoms with E-state index in [9.17, 15) is 4.79 Å². The number of hydrogen-bond acceptors (Lipinski definition) is 2. The first kappa shape index (κ1) is 13.6. The van der Waals surface area contributed by atoms with Gasteiger partial charge in [-0.05, 0) is 66.2 Å². The van der Waals surface area contributed by atoms with E-state index in [1.54, 1.807) is 0 Å². The molecule has 1 fully saturated rings. The van der Waals surface area contributed by atoms with Gasteiger partial charge in [0.2, 0.25) is 5.91 Å². The normalized spacial score (nSPS) is 23.1. The zero-order valence-electron chi connectivity index (χ0n) is 10.8. The van der Waals surface area contributed by atoms with Gasteiger partial charge < -0.3 is 11.1 Å². The van der Waals surface area contributed by atoms with E-state index in [-0.39, 0.29) is 17.9 Å². The summed E-state index contributed by atoms with van der Waals surface area (Å²) in [5.74, 6) is 0.156. The molecular formula is C14H19BrN2O. The van der Waals surface area contributed by atoms with Crippen molar-refractivity contribution >= 4 is 27.5 Å². The van der Waals surface area contributed by atoms with Crippen LogP contribution in [0, 0.1) is 19.8 Å². The van der Waals surface area contributed by atoms with Crippen LogP contribution in [0.4, 0.5) is 5.69 Å². The standard InChI is InChI=1S/C14H19BrN2O/c1-8-5-9(2)13(12(15)6-8)17-14(18)10-3-4-11(16)7-10/h5-6,10-11H,3-4,7,16H2,1-2H3,(H,17,18). The van der Waals surface area contributed by atoms with E-state index in [1.807, 2.05) is 19.9 Å². The van der Waals surface area contributed by atoms with Gasteiger partial charge in [0.15, 0.2) is 0 Å². The van der Waals surface area contributed by atoms with Crippen molar-refractivity contribution < 1.29 is 4.79 Å². The Hall–Kier alpha value is -0.870. The zero-order chi connectivity index (χ0) is 13.3. The number of benzene rings is 1. The van der Waals surface area contributed by atoms with Crippen LogP contribution in [0.3, 0.4) is 0 Å². The molecule has 4 heteroatoms. The summed E-state index contributed by atoms with van der Waals surface area (Å²) in [6.07, 6.45) is 2.65. The van der Waals surface area contributed by atoms with Gasteiger partial charge in [0.05, 0.1) is 5.69 Å². The number of carbonyl (C=O) groups is 1. The van der Waals surface area contributed by atoms with Crippen LogP contribution in [0.5, 0.6) is 0 Å². The molecule has 0 aliphatic heterocycles. The van der Waals surface area contributed by atoms with E-state index < -0.39 is 0 Å². The number of nitrogens with two attached hydrogens (primary N) is 1. The number of hydrogen-bond donors (Lipinski definition) is 2. The molecule has 3 N–H and O–H groups in total. The largest absolute Gasteiger partial charge is 0.328 e. The van der Waals surface area contributed by atoms with Crippen molar-refractivity contribution in [3.8, 4) is 0 Å². The van der Waals surface area contributed by atoms with Gasteiger partial charge in [-0.15, -0.1) is 0 Å². The fraction of sp³-hybridized carbons (Fsp3) is 0.500. The maximum Gasteiger partial charge on any atom is 0.227 e. The van der Waals surface area contributed by atoms with Crippen molar-refractivity contribution in [2.45, 2.75) is 39.2 Å². The number of amides is 1. The second-order valence-electron chi connectivity index (χ2n) is 5.20. The first-order chi connectivity index (χ1) is 8.47. The summed E-state index contributed by atoms with van der Waals surface area (Å²) in [4.78, 5) is 12.2. The summed E-state index contributed by atoms with van der Waals surface area (Å²) in [5.41, 5.74) is 8.99. The van der Waals surface area contributed by atoms with E-state index in [2.05, 4.69) is 27.3 Å². The van der Waals surface area contributed by atoms with Gasteiger partial charge in [0.1, 0.15) is 0 Å². The maximum absolute atomic E-state index is 12.2. The highest BCUT2D eigenvalue weighted by molar-refractivity contribution is 9.10. The van der Waals surface area contributed by atoms with Gasteiger partial charge in [0.25, 0.3) is 0 Å². The van der Waals surface area contributed by atoms with Gasteiger partial charge in [-0.3, -0.25) is 4.79 Å². The lowest BCUT2D eigenvalue weighted by molar-refractivity contribution is -0.119. The van der Waals surface area contributed by atoms with Gasteiger partial charge in [-0.1, -0.05) is 6.07 Å². The summed E-state index contributed by atoms with van der Waals surface area (Å²) < 4.78 is 0.940. The molecule has 0 bridgehead atoms. The first-order valence-corrected chi connectivity index (χ1v) is 7.10. The average molecular weight is 311 g/mol. The molecule has 1 aromatic carbocycles. The summed E-state index contributed by atoms with van der Waals surface area (Å²) in [5, 5.41) is 3.03. The van der Waals surface area contributed by atoms with Crippen molar-refractivity contribution in [1.29, 1.82) is 0 Å². The SMILES string of the molecule is Cc1cc(C)c(NC(=O)C2CCC(N)C2)c(Br)c1. The summed E-state index contributed by atoms with van der Waals surface area (Å²) in [6, 6.07) is 4.27. The smallest absolute Gasteiger partial charge is 0.227 e. The van der Waals surface area contributed by atoms with Crippen LogP contribution < -0.4 is 11.1 Å². The molecule has 1 aliphatic carbocycles. The molecule has 1 aliphatic rings. The molecule has 2 rings (SSSR count). The maximum atomic E-state index is 12.2. The Morgan fingerprint density at radius 1 is 1.39 bits per heavy atom. The van der Waals surface area contributed by atoms with Crippen LogP contribution >= 0.6 is 15.9 Å². The third kappa shape index (κ3) is 2.93. The second kappa shape index (κ2) is 5.41. The van der Waals surface area contributed by atoms with E-state index in [0.29, 0.717) is 0 Å². The van der Waals surface area contributed by atoms with Crippen LogP contribution in [0.15, 0.2) is 16.6 Å². The molecule has 2 atom stereocenters. The number of nitrogens with one attached hydrogen (secondary N) is 1. The van der Waals surface area contributed by atoms with Crippen molar-refractivity contribution in [3.05, 3.63) is 27.7 Å². The summed E-state index contributed by atoms with van der Waals surface area (Å²) in [6.45, 7) is 4.05. The van der Waals surface area contributed by atoms with Crippen LogP contribution in [-0.4, -0.2) is 11.9 Å². The Balaban J connectivity index is 2.12. The Bertz CT molecular complexity index is 450. The van der Waals surface area contributed by atoms with Crippen LogP contribution in [0.25, 0.3) is 0 Å². The summed E-state index contributed by atoms with van der Waals surface area (Å²) >= 11 is 3.51. The molecule has 3 nitrogen and oxygen atoms in total. The fourth-order valence-electron chi connectivity index (χ4n) is 2.55. The van der Waals surface area contributed by atoms with Crippen molar-refractivity contribution in [2.75, 3.05) is 5.32 Å². The molecule has 18 heavy (non-hydrogen) atoms. The minimum absolute atomic E-state index is 0.0626. The molecular weight excluding hydrogens is 292 g/mol. The highest BCUT2D eigenvalue weighted by Gasteiger charge is 2.28. The molecule has 98 valence electrons. The quantitative estimate of drug-likeness (QED) is 0.881. The van der Waals surface area contributed by atoms with E-state index in [0.717, 1.165) is 35.0 Å². The molecule has 0 radical (unpaired) electrons. The third-order valence-corrected chi connectivity index (χ3v) is 4.15. The molecule has 1 saturated carbocycles. The van der Waals surface area contributed by atoms with E-state index in [1.165, 1.54) is 5.56 Å². The van der Waals surface area contributed by atoms with Gasteiger partial charge in [-0.2, -0.15) is 0 Å². The lowest BCUT2D eigenvalue weighted by atomic mass is 10.1. The molecule has 0 aromatic heterocycles. The zero-order valence-corrected chi connectivity index (χ0v) is 12.4. The minimum Gasteiger partial charge on any atom is -0.328 e. The van der Waals surface area contributed by atoms with Crippen LogP contribution in [0.2, 0.25) is 0 Å². The monoisotopic (exact) mass is 310 g/mol. The second-order valence-corrected chi connectivity index (χ2v) is 6.05. The molecule has 0 heterocycles. The van der Waals surface area contributed by atoms with Crippen LogP contribution in [0.1, 0.15) is 30.4 Å². The molecule has 0 saturated heterocycles. The topological polar surface area (TPSA) is 55.1 Å². The molecule has 1 amide bonds.